The topological polar surface area (TPSA) is 67.2 Å². The summed E-state index contributed by atoms with van der Waals surface area (Å²) in [6.07, 6.45) is 5.01. The van der Waals surface area contributed by atoms with Crippen LogP contribution in [0.3, 0.4) is 0 Å². The van der Waals surface area contributed by atoms with Gasteiger partial charge in [0.1, 0.15) is 0 Å². The van der Waals surface area contributed by atoms with Crippen LogP contribution in [0.1, 0.15) is 32.6 Å². The molecule has 1 fully saturated rings. The molecule has 0 bridgehead atoms. The van der Waals surface area contributed by atoms with E-state index in [9.17, 15) is 4.79 Å². The van der Waals surface area contributed by atoms with Crippen LogP contribution in [0.15, 0.2) is 24.3 Å². The van der Waals surface area contributed by atoms with Crippen molar-refractivity contribution in [2.75, 3.05) is 17.6 Å². The lowest BCUT2D eigenvalue weighted by atomic mass is 9.83. The van der Waals surface area contributed by atoms with E-state index in [1.807, 2.05) is 12.1 Å². The molecule has 0 saturated heterocycles. The van der Waals surface area contributed by atoms with Gasteiger partial charge >= 0.3 is 6.03 Å². The smallest absolute Gasteiger partial charge is 0.319 e. The summed E-state index contributed by atoms with van der Waals surface area (Å²) in [6.45, 7) is 3.07. The molecular formula is C15H23N3O. The molecule has 0 unspecified atom stereocenters. The van der Waals surface area contributed by atoms with Gasteiger partial charge in [-0.25, -0.2) is 4.79 Å². The van der Waals surface area contributed by atoms with E-state index in [1.54, 1.807) is 12.1 Å². The molecule has 0 aliphatic heterocycles. The maximum atomic E-state index is 11.8. The van der Waals surface area contributed by atoms with Gasteiger partial charge in [-0.15, -0.1) is 0 Å². The Labute approximate surface area is 114 Å². The van der Waals surface area contributed by atoms with Gasteiger partial charge in [0, 0.05) is 17.9 Å². The van der Waals surface area contributed by atoms with Gasteiger partial charge in [-0.2, -0.15) is 0 Å². The van der Waals surface area contributed by atoms with Gasteiger partial charge in [-0.05, 0) is 42.9 Å². The summed E-state index contributed by atoms with van der Waals surface area (Å²) in [6, 6.07) is 7.06. The van der Waals surface area contributed by atoms with Crippen LogP contribution in [0.2, 0.25) is 0 Å². The zero-order chi connectivity index (χ0) is 13.7. The SMILES string of the molecule is CC1CCC(CNC(=O)Nc2cccc(N)c2)CC1. The molecule has 1 aromatic rings. The Hall–Kier alpha value is -1.71. The van der Waals surface area contributed by atoms with E-state index in [2.05, 4.69) is 17.6 Å². The van der Waals surface area contributed by atoms with E-state index in [1.165, 1.54) is 25.7 Å². The van der Waals surface area contributed by atoms with Crippen LogP contribution in [0.5, 0.6) is 0 Å². The van der Waals surface area contributed by atoms with E-state index < -0.39 is 0 Å². The molecule has 0 aromatic heterocycles. The van der Waals surface area contributed by atoms with Crippen LogP contribution < -0.4 is 16.4 Å². The van der Waals surface area contributed by atoms with Gasteiger partial charge in [0.15, 0.2) is 0 Å². The average Bonchev–Trinajstić information content (AvgIpc) is 2.38. The van der Waals surface area contributed by atoms with Gasteiger partial charge in [0.2, 0.25) is 0 Å². The van der Waals surface area contributed by atoms with E-state index in [0.717, 1.165) is 18.2 Å². The maximum absolute atomic E-state index is 11.8. The fourth-order valence-corrected chi connectivity index (χ4v) is 2.56. The molecule has 1 aromatic carbocycles. The summed E-state index contributed by atoms with van der Waals surface area (Å²) in [4.78, 5) is 11.8. The van der Waals surface area contributed by atoms with Crippen LogP contribution in [-0.4, -0.2) is 12.6 Å². The number of nitrogens with one attached hydrogen (secondary N) is 2. The van der Waals surface area contributed by atoms with Crippen LogP contribution in [0, 0.1) is 11.8 Å². The summed E-state index contributed by atoms with van der Waals surface area (Å²) < 4.78 is 0. The normalized spacial score (nSPS) is 22.8. The molecule has 19 heavy (non-hydrogen) atoms. The van der Waals surface area contributed by atoms with Crippen molar-refractivity contribution in [3.63, 3.8) is 0 Å². The van der Waals surface area contributed by atoms with E-state index in [4.69, 9.17) is 5.73 Å². The number of rotatable bonds is 3. The lowest BCUT2D eigenvalue weighted by molar-refractivity contribution is 0.243. The molecule has 0 heterocycles. The first-order valence-corrected chi connectivity index (χ1v) is 7.04. The molecule has 0 radical (unpaired) electrons. The minimum atomic E-state index is -0.149. The predicted octanol–water partition coefficient (Wildman–Crippen LogP) is 3.22. The monoisotopic (exact) mass is 261 g/mol. The van der Waals surface area contributed by atoms with Gasteiger partial charge in [-0.1, -0.05) is 25.8 Å². The van der Waals surface area contributed by atoms with Crippen molar-refractivity contribution < 1.29 is 4.79 Å². The van der Waals surface area contributed by atoms with Crippen molar-refractivity contribution in [1.29, 1.82) is 0 Å². The predicted molar refractivity (Wildman–Crippen MR) is 79.0 cm³/mol. The summed E-state index contributed by atoms with van der Waals surface area (Å²) >= 11 is 0. The molecule has 1 aliphatic carbocycles. The van der Waals surface area contributed by atoms with Crippen molar-refractivity contribution in [2.24, 2.45) is 11.8 Å². The average molecular weight is 261 g/mol. The Bertz CT molecular complexity index is 425. The number of carbonyl (C=O) groups excluding carboxylic acids is 1. The standard InChI is InChI=1S/C15H23N3O/c1-11-5-7-12(8-6-11)10-17-15(19)18-14-4-2-3-13(16)9-14/h2-4,9,11-12H,5-8,10,16H2,1H3,(H2,17,18,19). The highest BCUT2D eigenvalue weighted by molar-refractivity contribution is 5.89. The highest BCUT2D eigenvalue weighted by Crippen LogP contribution is 2.27. The lowest BCUT2D eigenvalue weighted by Gasteiger charge is -2.26. The third-order valence-corrected chi connectivity index (χ3v) is 3.83. The highest BCUT2D eigenvalue weighted by atomic mass is 16.2. The Morgan fingerprint density at radius 1 is 1.32 bits per heavy atom. The third-order valence-electron chi connectivity index (χ3n) is 3.83. The minimum absolute atomic E-state index is 0.149. The zero-order valence-electron chi connectivity index (χ0n) is 11.5. The van der Waals surface area contributed by atoms with Crippen molar-refractivity contribution in [3.05, 3.63) is 24.3 Å². The number of benzene rings is 1. The van der Waals surface area contributed by atoms with Crippen LogP contribution in [0.4, 0.5) is 16.2 Å². The minimum Gasteiger partial charge on any atom is -0.399 e. The van der Waals surface area contributed by atoms with E-state index in [0.29, 0.717) is 11.6 Å². The summed E-state index contributed by atoms with van der Waals surface area (Å²) in [5.41, 5.74) is 7.05. The fraction of sp³-hybridized carbons (Fsp3) is 0.533. The van der Waals surface area contributed by atoms with Gasteiger partial charge < -0.3 is 16.4 Å². The van der Waals surface area contributed by atoms with Gasteiger partial charge in [0.05, 0.1) is 0 Å². The van der Waals surface area contributed by atoms with Crippen LogP contribution >= 0.6 is 0 Å². The first-order valence-electron chi connectivity index (χ1n) is 7.04. The Kier molecular flexibility index (Phi) is 4.66. The lowest BCUT2D eigenvalue weighted by Crippen LogP contribution is -2.34. The van der Waals surface area contributed by atoms with Crippen LogP contribution in [-0.2, 0) is 0 Å². The number of nitrogen functional groups attached to an aromatic ring is 1. The van der Waals surface area contributed by atoms with Crippen molar-refractivity contribution >= 4 is 17.4 Å². The first-order chi connectivity index (χ1) is 9.13. The number of amides is 2. The number of urea groups is 1. The Balaban J connectivity index is 1.73. The second-order valence-corrected chi connectivity index (χ2v) is 5.59. The summed E-state index contributed by atoms with van der Waals surface area (Å²) in [5, 5.41) is 5.75. The van der Waals surface area contributed by atoms with E-state index in [-0.39, 0.29) is 6.03 Å². The fourth-order valence-electron chi connectivity index (χ4n) is 2.56. The number of anilines is 2. The first kappa shape index (κ1) is 13.7. The molecule has 4 nitrogen and oxygen atoms in total. The molecule has 104 valence electrons. The van der Waals surface area contributed by atoms with Gasteiger partial charge in [0.25, 0.3) is 0 Å². The quantitative estimate of drug-likeness (QED) is 0.731. The Morgan fingerprint density at radius 3 is 2.74 bits per heavy atom. The summed E-state index contributed by atoms with van der Waals surface area (Å²) in [5.74, 6) is 1.47. The highest BCUT2D eigenvalue weighted by Gasteiger charge is 2.18. The molecule has 2 rings (SSSR count). The molecule has 4 N–H and O–H groups in total. The molecule has 1 aliphatic rings. The maximum Gasteiger partial charge on any atom is 0.319 e. The van der Waals surface area contributed by atoms with Gasteiger partial charge in [-0.3, -0.25) is 0 Å². The second-order valence-electron chi connectivity index (χ2n) is 5.59. The molecule has 0 spiro atoms. The van der Waals surface area contributed by atoms with Crippen LogP contribution in [0.25, 0.3) is 0 Å². The Morgan fingerprint density at radius 2 is 2.05 bits per heavy atom. The van der Waals surface area contributed by atoms with Crippen molar-refractivity contribution in [3.8, 4) is 0 Å². The molecule has 2 amide bonds. The molecule has 0 atom stereocenters. The van der Waals surface area contributed by atoms with E-state index >= 15 is 0 Å². The number of carbonyl (C=O) groups is 1. The van der Waals surface area contributed by atoms with Crippen molar-refractivity contribution in [1.82, 2.24) is 5.32 Å². The number of nitrogens with two attached hydrogens (primary N) is 1. The zero-order valence-corrected chi connectivity index (χ0v) is 11.5. The molecule has 1 saturated carbocycles. The molecule has 4 heteroatoms. The summed E-state index contributed by atoms with van der Waals surface area (Å²) in [7, 11) is 0. The second kappa shape index (κ2) is 6.45. The molecular weight excluding hydrogens is 238 g/mol. The number of hydrogen-bond acceptors (Lipinski definition) is 2. The third kappa shape index (κ3) is 4.47. The largest absolute Gasteiger partial charge is 0.399 e. The number of hydrogen-bond donors (Lipinski definition) is 3. The van der Waals surface area contributed by atoms with Crippen molar-refractivity contribution in [2.45, 2.75) is 32.6 Å².